The first-order valence-electron chi connectivity index (χ1n) is 12.3. The van der Waals surface area contributed by atoms with Gasteiger partial charge in [0.2, 0.25) is 5.91 Å². The van der Waals surface area contributed by atoms with Crippen molar-refractivity contribution in [1.82, 2.24) is 9.80 Å². The standard InChI is InChI=1S/C27H30F4N2O3/c28-20-9-11-21(12-10-20)36-19-26(17-24(34)32-14-4-1-5-15-32)13-6-16-33(18-26)25(35)22-7-2-3-8-23(22)27(29,30)31/h2-3,7-12H,1,4-6,13-19H2/t26-/m1/s1. The van der Waals surface area contributed by atoms with Crippen molar-refractivity contribution in [3.8, 4) is 5.75 Å². The molecule has 2 heterocycles. The number of hydrogen-bond acceptors (Lipinski definition) is 3. The summed E-state index contributed by atoms with van der Waals surface area (Å²) in [6.45, 7) is 1.83. The van der Waals surface area contributed by atoms with Crippen molar-refractivity contribution < 1.29 is 31.9 Å². The second-order valence-corrected chi connectivity index (χ2v) is 9.73. The molecule has 0 radical (unpaired) electrons. The zero-order valence-corrected chi connectivity index (χ0v) is 20.0. The molecule has 2 aliphatic heterocycles. The summed E-state index contributed by atoms with van der Waals surface area (Å²) in [6, 6.07) is 10.3. The molecule has 9 heteroatoms. The van der Waals surface area contributed by atoms with E-state index >= 15 is 0 Å². The maximum atomic E-state index is 13.6. The second-order valence-electron chi connectivity index (χ2n) is 9.73. The number of rotatable bonds is 6. The Morgan fingerprint density at radius 2 is 1.56 bits per heavy atom. The molecular weight excluding hydrogens is 476 g/mol. The van der Waals surface area contributed by atoms with Crippen LogP contribution in [-0.2, 0) is 11.0 Å². The Balaban J connectivity index is 1.57. The molecule has 2 aliphatic rings. The van der Waals surface area contributed by atoms with Crippen LogP contribution in [0.4, 0.5) is 17.6 Å². The van der Waals surface area contributed by atoms with E-state index in [2.05, 4.69) is 0 Å². The van der Waals surface area contributed by atoms with Gasteiger partial charge in [0, 0.05) is 38.0 Å². The maximum absolute atomic E-state index is 13.6. The van der Waals surface area contributed by atoms with Crippen LogP contribution in [-0.4, -0.2) is 54.4 Å². The van der Waals surface area contributed by atoms with Crippen molar-refractivity contribution in [2.24, 2.45) is 5.41 Å². The van der Waals surface area contributed by atoms with E-state index in [1.807, 2.05) is 4.90 Å². The SMILES string of the molecule is O=C(C[C@]1(COc2ccc(F)cc2)CCCN(C(=O)c2ccccc2C(F)(F)F)C1)N1CCCCC1. The van der Waals surface area contributed by atoms with Crippen molar-refractivity contribution in [3.05, 3.63) is 65.5 Å². The van der Waals surface area contributed by atoms with Gasteiger partial charge in [-0.15, -0.1) is 0 Å². The lowest BCUT2D eigenvalue weighted by molar-refractivity contribution is -0.138. The van der Waals surface area contributed by atoms with Crippen LogP contribution in [0.25, 0.3) is 0 Å². The van der Waals surface area contributed by atoms with Crippen LogP contribution < -0.4 is 4.74 Å². The number of benzene rings is 2. The smallest absolute Gasteiger partial charge is 0.417 e. The fourth-order valence-electron chi connectivity index (χ4n) is 5.12. The molecule has 0 N–H and O–H groups in total. The van der Waals surface area contributed by atoms with E-state index in [0.29, 0.717) is 38.2 Å². The third-order valence-electron chi connectivity index (χ3n) is 7.01. The second kappa shape index (κ2) is 10.9. The Morgan fingerprint density at radius 1 is 0.889 bits per heavy atom. The minimum atomic E-state index is -4.66. The molecule has 2 saturated heterocycles. The number of hydrogen-bond donors (Lipinski definition) is 0. The molecule has 194 valence electrons. The van der Waals surface area contributed by atoms with Crippen LogP contribution in [0, 0.1) is 11.2 Å². The molecule has 0 aliphatic carbocycles. The van der Waals surface area contributed by atoms with Gasteiger partial charge in [-0.3, -0.25) is 9.59 Å². The molecule has 0 bridgehead atoms. The summed E-state index contributed by atoms with van der Waals surface area (Å²) >= 11 is 0. The fourth-order valence-corrected chi connectivity index (χ4v) is 5.12. The van der Waals surface area contributed by atoms with Crippen LogP contribution in [0.2, 0.25) is 0 Å². The van der Waals surface area contributed by atoms with Gasteiger partial charge in [0.05, 0.1) is 17.7 Å². The minimum absolute atomic E-state index is 0.0394. The summed E-state index contributed by atoms with van der Waals surface area (Å²) in [5.74, 6) is -0.733. The number of carbonyl (C=O) groups excluding carboxylic acids is 2. The first-order chi connectivity index (χ1) is 17.2. The van der Waals surface area contributed by atoms with Gasteiger partial charge in [-0.05, 0) is 68.5 Å². The fraction of sp³-hybridized carbons (Fsp3) is 0.481. The average Bonchev–Trinajstić information content (AvgIpc) is 2.88. The van der Waals surface area contributed by atoms with Gasteiger partial charge in [-0.2, -0.15) is 13.2 Å². The minimum Gasteiger partial charge on any atom is -0.493 e. The molecule has 2 amide bonds. The monoisotopic (exact) mass is 506 g/mol. The van der Waals surface area contributed by atoms with E-state index < -0.39 is 34.4 Å². The van der Waals surface area contributed by atoms with E-state index in [0.717, 1.165) is 25.3 Å². The third kappa shape index (κ3) is 6.17. The van der Waals surface area contributed by atoms with E-state index in [-0.39, 0.29) is 25.5 Å². The molecular formula is C27H30F4N2O3. The van der Waals surface area contributed by atoms with Gasteiger partial charge in [0.15, 0.2) is 0 Å². The Kier molecular flexibility index (Phi) is 7.85. The summed E-state index contributed by atoms with van der Waals surface area (Å²) in [5.41, 5.74) is -2.15. The van der Waals surface area contributed by atoms with Crippen molar-refractivity contribution in [1.29, 1.82) is 0 Å². The largest absolute Gasteiger partial charge is 0.493 e. The van der Waals surface area contributed by atoms with E-state index in [9.17, 15) is 27.2 Å². The lowest BCUT2D eigenvalue weighted by atomic mass is 9.77. The molecule has 5 nitrogen and oxygen atoms in total. The zero-order chi connectivity index (χ0) is 25.8. The molecule has 36 heavy (non-hydrogen) atoms. The molecule has 2 aromatic rings. The van der Waals surface area contributed by atoms with Gasteiger partial charge >= 0.3 is 6.18 Å². The van der Waals surface area contributed by atoms with Crippen molar-refractivity contribution >= 4 is 11.8 Å². The van der Waals surface area contributed by atoms with E-state index in [4.69, 9.17) is 4.74 Å². The van der Waals surface area contributed by atoms with Crippen molar-refractivity contribution in [2.45, 2.75) is 44.7 Å². The maximum Gasteiger partial charge on any atom is 0.417 e. The highest BCUT2D eigenvalue weighted by molar-refractivity contribution is 5.96. The normalized spacial score (nSPS) is 20.8. The number of likely N-dealkylation sites (tertiary alicyclic amines) is 2. The predicted octanol–water partition coefficient (Wildman–Crippen LogP) is 5.55. The lowest BCUT2D eigenvalue weighted by Gasteiger charge is -2.43. The first kappa shape index (κ1) is 26.0. The van der Waals surface area contributed by atoms with Gasteiger partial charge in [-0.1, -0.05) is 12.1 Å². The van der Waals surface area contributed by atoms with Gasteiger partial charge in [0.25, 0.3) is 5.91 Å². The number of halogens is 4. The Labute approximate surface area is 208 Å². The third-order valence-corrected chi connectivity index (χ3v) is 7.01. The summed E-state index contributed by atoms with van der Waals surface area (Å²) in [5, 5.41) is 0. The Hall–Kier alpha value is -3.10. The van der Waals surface area contributed by atoms with E-state index in [1.54, 1.807) is 0 Å². The number of piperidine rings is 2. The van der Waals surface area contributed by atoms with Crippen molar-refractivity contribution in [2.75, 3.05) is 32.8 Å². The van der Waals surface area contributed by atoms with Crippen LogP contribution in [0.15, 0.2) is 48.5 Å². The summed E-state index contributed by atoms with van der Waals surface area (Å²) in [4.78, 5) is 29.8. The quantitative estimate of drug-likeness (QED) is 0.483. The van der Waals surface area contributed by atoms with Gasteiger partial charge < -0.3 is 14.5 Å². The number of alkyl halides is 3. The van der Waals surface area contributed by atoms with Crippen LogP contribution in [0.1, 0.15) is 54.4 Å². The molecule has 0 spiro atoms. The molecule has 1 atom stereocenters. The molecule has 2 fully saturated rings. The van der Waals surface area contributed by atoms with Crippen LogP contribution >= 0.6 is 0 Å². The summed E-state index contributed by atoms with van der Waals surface area (Å²) in [6.07, 6.45) is -0.483. The highest BCUT2D eigenvalue weighted by Crippen LogP contribution is 2.38. The number of amides is 2. The van der Waals surface area contributed by atoms with Crippen LogP contribution in [0.5, 0.6) is 5.75 Å². The lowest BCUT2D eigenvalue weighted by Crippen LogP contribution is -2.51. The summed E-state index contributed by atoms with van der Waals surface area (Å²) < 4.78 is 60.0. The number of nitrogens with zero attached hydrogens (tertiary/aromatic N) is 2. The average molecular weight is 507 g/mol. The molecule has 2 aromatic carbocycles. The topological polar surface area (TPSA) is 49.9 Å². The zero-order valence-electron chi connectivity index (χ0n) is 20.0. The van der Waals surface area contributed by atoms with E-state index in [1.165, 1.54) is 47.4 Å². The molecule has 4 rings (SSSR count). The number of ether oxygens (including phenoxy) is 1. The number of carbonyl (C=O) groups is 2. The summed E-state index contributed by atoms with van der Waals surface area (Å²) in [7, 11) is 0. The van der Waals surface area contributed by atoms with Crippen molar-refractivity contribution in [3.63, 3.8) is 0 Å². The van der Waals surface area contributed by atoms with Crippen LogP contribution in [0.3, 0.4) is 0 Å². The highest BCUT2D eigenvalue weighted by Gasteiger charge is 2.43. The first-order valence-corrected chi connectivity index (χ1v) is 12.3. The van der Waals surface area contributed by atoms with Gasteiger partial charge in [-0.25, -0.2) is 4.39 Å². The highest BCUT2D eigenvalue weighted by atomic mass is 19.4. The molecule has 0 unspecified atom stereocenters. The van der Waals surface area contributed by atoms with Gasteiger partial charge in [0.1, 0.15) is 11.6 Å². The Morgan fingerprint density at radius 3 is 2.25 bits per heavy atom. The molecule has 0 aromatic heterocycles. The Bertz CT molecular complexity index is 1070. The molecule has 0 saturated carbocycles. The predicted molar refractivity (Wildman–Crippen MR) is 126 cm³/mol.